The number of rotatable bonds is 42. The van der Waals surface area contributed by atoms with E-state index in [2.05, 4.69) is 48.8 Å². The van der Waals surface area contributed by atoms with E-state index in [4.69, 9.17) is 19.9 Å². The molecule has 0 bridgehead atoms. The molecule has 0 saturated carbocycles. The Hall–Kier alpha value is -2.51. The Kier molecular flexibility index (Phi) is 41.7. The standard InChI is InChI=1S/C46H83N3O8S2/c1-4-7-10-12-14-16-17-18-19-20-21-22-24-26-28-31-45(53)57-40(38-55-43(51)30-27-25-23-15-13-11-8-5-2)39-56-44(52)33-32-42(50)48-34-36-58-59-37-35-49-46(54)41(47)29-9-6-3/h5,8,18-19,40-41H,4,6-7,9-17,20-39,47H2,1-3H3,(H,48,50)(H,49,54)/b8-5-,19-18-. The maximum Gasteiger partial charge on any atom is 0.306 e. The minimum absolute atomic E-state index is 0.0365. The van der Waals surface area contributed by atoms with Crippen LogP contribution >= 0.6 is 21.6 Å². The van der Waals surface area contributed by atoms with Gasteiger partial charge in [0.25, 0.3) is 0 Å². The number of amides is 2. The van der Waals surface area contributed by atoms with Gasteiger partial charge in [0.2, 0.25) is 11.8 Å². The van der Waals surface area contributed by atoms with E-state index in [9.17, 15) is 24.0 Å². The molecular formula is C46H83N3O8S2. The van der Waals surface area contributed by atoms with Gasteiger partial charge < -0.3 is 30.6 Å². The molecule has 0 saturated heterocycles. The van der Waals surface area contributed by atoms with Crippen molar-refractivity contribution in [3.05, 3.63) is 24.3 Å². The predicted molar refractivity (Wildman–Crippen MR) is 246 cm³/mol. The van der Waals surface area contributed by atoms with Crippen LogP contribution in [0.5, 0.6) is 0 Å². The van der Waals surface area contributed by atoms with Crippen molar-refractivity contribution in [1.29, 1.82) is 0 Å². The van der Waals surface area contributed by atoms with Crippen molar-refractivity contribution in [3.63, 3.8) is 0 Å². The molecule has 0 spiro atoms. The van der Waals surface area contributed by atoms with Gasteiger partial charge >= 0.3 is 17.9 Å². The molecule has 59 heavy (non-hydrogen) atoms. The van der Waals surface area contributed by atoms with Gasteiger partial charge in [-0.15, -0.1) is 0 Å². The minimum Gasteiger partial charge on any atom is -0.462 e. The number of hydrogen-bond donors (Lipinski definition) is 3. The molecule has 0 heterocycles. The number of hydrogen-bond acceptors (Lipinski definition) is 11. The summed E-state index contributed by atoms with van der Waals surface area (Å²) in [6, 6.07) is -0.464. The number of nitrogens with two attached hydrogens (primary N) is 1. The number of esters is 3. The Labute approximate surface area is 366 Å². The number of ether oxygens (including phenoxy) is 3. The highest BCUT2D eigenvalue weighted by molar-refractivity contribution is 8.76. The van der Waals surface area contributed by atoms with Gasteiger partial charge in [-0.2, -0.15) is 0 Å². The molecule has 4 N–H and O–H groups in total. The average molecular weight is 870 g/mol. The first kappa shape index (κ1) is 56.5. The van der Waals surface area contributed by atoms with Crippen molar-refractivity contribution in [2.75, 3.05) is 37.8 Å². The van der Waals surface area contributed by atoms with Gasteiger partial charge in [-0.1, -0.05) is 143 Å². The van der Waals surface area contributed by atoms with Crippen molar-refractivity contribution < 1.29 is 38.2 Å². The molecule has 0 fully saturated rings. The number of nitrogens with one attached hydrogen (secondary N) is 2. The van der Waals surface area contributed by atoms with Gasteiger partial charge in [0.05, 0.1) is 12.5 Å². The highest BCUT2D eigenvalue weighted by Gasteiger charge is 2.20. The quantitative estimate of drug-likeness (QED) is 0.0176. The molecule has 0 rings (SSSR count). The van der Waals surface area contributed by atoms with Crippen molar-refractivity contribution >= 4 is 51.3 Å². The lowest BCUT2D eigenvalue weighted by molar-refractivity contribution is -0.167. The fourth-order valence-corrected chi connectivity index (χ4v) is 7.82. The summed E-state index contributed by atoms with van der Waals surface area (Å²) in [7, 11) is 3.19. The molecule has 0 aromatic rings. The molecule has 2 atom stereocenters. The van der Waals surface area contributed by atoms with Crippen LogP contribution in [0.1, 0.15) is 188 Å². The van der Waals surface area contributed by atoms with E-state index in [1.165, 1.54) is 44.9 Å². The van der Waals surface area contributed by atoms with Crippen LogP contribution in [0.4, 0.5) is 0 Å². The highest BCUT2D eigenvalue weighted by Crippen LogP contribution is 2.19. The van der Waals surface area contributed by atoms with Crippen molar-refractivity contribution in [3.8, 4) is 0 Å². The number of carbonyl (C=O) groups excluding carboxylic acids is 5. The summed E-state index contributed by atoms with van der Waals surface area (Å²) in [5.41, 5.74) is 5.88. The van der Waals surface area contributed by atoms with Crippen LogP contribution in [0.15, 0.2) is 24.3 Å². The normalized spacial score (nSPS) is 12.4. The van der Waals surface area contributed by atoms with Crippen LogP contribution in [0, 0.1) is 0 Å². The molecule has 0 radical (unpaired) electrons. The first-order valence-corrected chi connectivity index (χ1v) is 25.5. The van der Waals surface area contributed by atoms with Gasteiger partial charge in [0, 0.05) is 43.9 Å². The second-order valence-electron chi connectivity index (χ2n) is 15.2. The summed E-state index contributed by atoms with van der Waals surface area (Å²) >= 11 is 0. The summed E-state index contributed by atoms with van der Waals surface area (Å²) in [5, 5.41) is 5.64. The van der Waals surface area contributed by atoms with Gasteiger partial charge in [-0.3, -0.25) is 24.0 Å². The second kappa shape index (κ2) is 43.6. The Morgan fingerprint density at radius 3 is 1.59 bits per heavy atom. The molecule has 0 aliphatic heterocycles. The largest absolute Gasteiger partial charge is 0.462 e. The summed E-state index contributed by atoms with van der Waals surface area (Å²) < 4.78 is 16.4. The lowest BCUT2D eigenvalue weighted by atomic mass is 10.1. The summed E-state index contributed by atoms with van der Waals surface area (Å²) in [4.78, 5) is 61.9. The van der Waals surface area contributed by atoms with Gasteiger partial charge in [0.1, 0.15) is 13.2 Å². The predicted octanol–water partition coefficient (Wildman–Crippen LogP) is 10.2. The van der Waals surface area contributed by atoms with Crippen molar-refractivity contribution in [1.82, 2.24) is 10.6 Å². The fraction of sp³-hybridized carbons (Fsp3) is 0.804. The molecule has 2 amide bonds. The van der Waals surface area contributed by atoms with E-state index in [1.54, 1.807) is 21.6 Å². The third-order valence-corrected chi connectivity index (χ3v) is 12.0. The van der Waals surface area contributed by atoms with Crippen LogP contribution < -0.4 is 16.4 Å². The Bertz CT molecular complexity index is 1120. The third-order valence-electron chi connectivity index (χ3n) is 9.63. The minimum atomic E-state index is -0.917. The molecule has 11 nitrogen and oxygen atoms in total. The zero-order chi connectivity index (χ0) is 43.4. The molecule has 0 aliphatic rings. The van der Waals surface area contributed by atoms with Crippen molar-refractivity contribution in [2.24, 2.45) is 5.73 Å². The van der Waals surface area contributed by atoms with Crippen molar-refractivity contribution in [2.45, 2.75) is 200 Å². The van der Waals surface area contributed by atoms with Gasteiger partial charge in [-0.25, -0.2) is 0 Å². The van der Waals surface area contributed by atoms with Crippen LogP contribution in [0.2, 0.25) is 0 Å². The lowest BCUT2D eigenvalue weighted by Crippen LogP contribution is -2.41. The van der Waals surface area contributed by atoms with Crippen LogP contribution in [-0.2, 0) is 38.2 Å². The van der Waals surface area contributed by atoms with Gasteiger partial charge in [-0.05, 0) is 64.7 Å². The smallest absolute Gasteiger partial charge is 0.306 e. The molecule has 0 aliphatic carbocycles. The molecule has 342 valence electrons. The van der Waals surface area contributed by atoms with Crippen LogP contribution in [0.3, 0.4) is 0 Å². The van der Waals surface area contributed by atoms with Gasteiger partial charge in [0.15, 0.2) is 6.10 Å². The zero-order valence-electron chi connectivity index (χ0n) is 37.3. The molecule has 0 aromatic heterocycles. The van der Waals surface area contributed by atoms with E-state index in [0.29, 0.717) is 31.7 Å². The average Bonchev–Trinajstić information content (AvgIpc) is 3.23. The fourth-order valence-electron chi connectivity index (χ4n) is 6.00. The Morgan fingerprint density at radius 2 is 1.03 bits per heavy atom. The first-order valence-electron chi connectivity index (χ1n) is 23.0. The Morgan fingerprint density at radius 1 is 0.559 bits per heavy atom. The van der Waals surface area contributed by atoms with E-state index in [0.717, 1.165) is 89.2 Å². The summed E-state index contributed by atoms with van der Waals surface area (Å²) in [6.45, 7) is 6.86. The zero-order valence-corrected chi connectivity index (χ0v) is 38.9. The second-order valence-corrected chi connectivity index (χ2v) is 17.9. The molecule has 0 aromatic carbocycles. The molecule has 13 heteroatoms. The third kappa shape index (κ3) is 40.7. The van der Waals surface area contributed by atoms with Crippen LogP contribution in [-0.4, -0.2) is 79.7 Å². The van der Waals surface area contributed by atoms with E-state index in [1.807, 2.05) is 6.92 Å². The number of unbranched alkanes of at least 4 members (excludes halogenated alkanes) is 17. The highest BCUT2D eigenvalue weighted by atomic mass is 33.1. The Balaban J connectivity index is 4.45. The van der Waals surface area contributed by atoms with E-state index in [-0.39, 0.29) is 56.7 Å². The lowest BCUT2D eigenvalue weighted by Gasteiger charge is -2.18. The SMILES string of the molecule is C/C=C\CCCCCCCC(=O)OCC(COC(=O)CCC(=O)NCCSSCCNC(=O)C(N)CCCC)OC(=O)CCCCCCC/C=C\CCCCCCCC. The summed E-state index contributed by atoms with van der Waals surface area (Å²) in [5.74, 6) is -0.375. The number of carbonyl (C=O) groups is 5. The maximum atomic E-state index is 12.7. The van der Waals surface area contributed by atoms with Crippen LogP contribution in [0.25, 0.3) is 0 Å². The van der Waals surface area contributed by atoms with E-state index >= 15 is 0 Å². The van der Waals surface area contributed by atoms with E-state index < -0.39 is 24.1 Å². The maximum absolute atomic E-state index is 12.7. The molecule has 2 unspecified atom stereocenters. The first-order chi connectivity index (χ1) is 28.7. The summed E-state index contributed by atoms with van der Waals surface area (Å²) in [6.07, 6.45) is 32.1. The topological polar surface area (TPSA) is 163 Å². The molecular weight excluding hydrogens is 787 g/mol. The monoisotopic (exact) mass is 870 g/mol. The number of allylic oxidation sites excluding steroid dienone is 4.